The van der Waals surface area contributed by atoms with Crippen LogP contribution in [-0.4, -0.2) is 19.5 Å². The molecule has 3 unspecified atom stereocenters. The van der Waals surface area contributed by atoms with Gasteiger partial charge in [-0.2, -0.15) is 0 Å². The summed E-state index contributed by atoms with van der Waals surface area (Å²) in [5.74, 6) is 1.33. The molecule has 3 atom stereocenters. The Morgan fingerprint density at radius 1 is 1.36 bits per heavy atom. The lowest BCUT2D eigenvalue weighted by atomic mass is 9.84. The number of fused-ring (bicyclic) bond motifs is 2. The summed E-state index contributed by atoms with van der Waals surface area (Å²) >= 11 is 0. The first-order valence-electron chi connectivity index (χ1n) is 4.26. The molecule has 0 radical (unpaired) electrons. The van der Waals surface area contributed by atoms with Gasteiger partial charge in [0.1, 0.15) is 0 Å². The van der Waals surface area contributed by atoms with Gasteiger partial charge in [-0.05, 0) is 12.3 Å². The summed E-state index contributed by atoms with van der Waals surface area (Å²) in [5.41, 5.74) is 0. The zero-order valence-electron chi connectivity index (χ0n) is 6.66. The summed E-state index contributed by atoms with van der Waals surface area (Å²) in [6.45, 7) is 5.48. The summed E-state index contributed by atoms with van der Waals surface area (Å²) in [6, 6.07) is 0. The Morgan fingerprint density at radius 3 is 3.09 bits per heavy atom. The number of ether oxygens (including phenoxy) is 2. The molecule has 2 rings (SSSR count). The molecule has 0 spiro atoms. The van der Waals surface area contributed by atoms with Gasteiger partial charge in [-0.3, -0.25) is 0 Å². The molecule has 2 aliphatic rings. The Morgan fingerprint density at radius 2 is 2.27 bits per heavy atom. The van der Waals surface area contributed by atoms with Gasteiger partial charge in [-0.15, -0.1) is 6.58 Å². The molecule has 0 aliphatic carbocycles. The Bertz CT molecular complexity index is 156. The summed E-state index contributed by atoms with van der Waals surface area (Å²) < 4.78 is 10.8. The van der Waals surface area contributed by atoms with Gasteiger partial charge in [0.25, 0.3) is 0 Å². The van der Waals surface area contributed by atoms with Gasteiger partial charge in [0.2, 0.25) is 0 Å². The summed E-state index contributed by atoms with van der Waals surface area (Å²) in [4.78, 5) is 0. The predicted molar refractivity (Wildman–Crippen MR) is 42.1 cm³/mol. The highest BCUT2D eigenvalue weighted by Crippen LogP contribution is 2.33. The molecule has 2 saturated heterocycles. The van der Waals surface area contributed by atoms with E-state index in [1.165, 1.54) is 6.42 Å². The molecule has 0 aromatic rings. The maximum absolute atomic E-state index is 5.46. The van der Waals surface area contributed by atoms with Crippen LogP contribution in [0.15, 0.2) is 12.7 Å². The molecule has 62 valence electrons. The average Bonchev–Trinajstić information content (AvgIpc) is 2.06. The van der Waals surface area contributed by atoms with Crippen molar-refractivity contribution < 1.29 is 9.47 Å². The lowest BCUT2D eigenvalue weighted by Gasteiger charge is -2.38. The monoisotopic (exact) mass is 154 g/mol. The van der Waals surface area contributed by atoms with Crippen molar-refractivity contribution in [3.05, 3.63) is 12.7 Å². The summed E-state index contributed by atoms with van der Waals surface area (Å²) in [6.07, 6.45) is 4.35. The van der Waals surface area contributed by atoms with Crippen LogP contribution < -0.4 is 0 Å². The maximum Gasteiger partial charge on any atom is 0.157 e. The fourth-order valence-corrected chi connectivity index (χ4v) is 1.90. The van der Waals surface area contributed by atoms with Crippen LogP contribution in [0.4, 0.5) is 0 Å². The first-order valence-corrected chi connectivity index (χ1v) is 4.26. The molecule has 0 amide bonds. The van der Waals surface area contributed by atoms with E-state index in [9.17, 15) is 0 Å². The van der Waals surface area contributed by atoms with Crippen LogP contribution in [0.3, 0.4) is 0 Å². The average molecular weight is 154 g/mol. The highest BCUT2D eigenvalue weighted by Gasteiger charge is 2.32. The van der Waals surface area contributed by atoms with Crippen molar-refractivity contribution in [2.75, 3.05) is 13.2 Å². The third-order valence-corrected chi connectivity index (χ3v) is 2.67. The van der Waals surface area contributed by atoms with E-state index in [0.29, 0.717) is 5.92 Å². The molecular weight excluding hydrogens is 140 g/mol. The molecule has 0 N–H and O–H groups in total. The standard InChI is InChI=1S/C9H14O2/c1-2-7-6-11-9-5-8(7)3-4-10-9/h2,7-9H,1,3-6H2. The molecule has 2 aliphatic heterocycles. The van der Waals surface area contributed by atoms with Crippen LogP contribution in [0.1, 0.15) is 12.8 Å². The van der Waals surface area contributed by atoms with E-state index in [2.05, 4.69) is 6.58 Å². The van der Waals surface area contributed by atoms with Gasteiger partial charge in [0.15, 0.2) is 6.29 Å². The second kappa shape index (κ2) is 2.95. The van der Waals surface area contributed by atoms with Crippen molar-refractivity contribution in [2.24, 2.45) is 11.8 Å². The second-order valence-electron chi connectivity index (χ2n) is 3.32. The van der Waals surface area contributed by atoms with Gasteiger partial charge < -0.3 is 9.47 Å². The van der Waals surface area contributed by atoms with E-state index in [1.54, 1.807) is 0 Å². The van der Waals surface area contributed by atoms with Crippen molar-refractivity contribution in [3.8, 4) is 0 Å². The van der Waals surface area contributed by atoms with Gasteiger partial charge in [0, 0.05) is 12.3 Å². The molecular formula is C9H14O2. The van der Waals surface area contributed by atoms with Crippen molar-refractivity contribution in [3.63, 3.8) is 0 Å². The van der Waals surface area contributed by atoms with E-state index in [-0.39, 0.29) is 6.29 Å². The van der Waals surface area contributed by atoms with Gasteiger partial charge >= 0.3 is 0 Å². The molecule has 11 heavy (non-hydrogen) atoms. The van der Waals surface area contributed by atoms with Gasteiger partial charge in [0.05, 0.1) is 13.2 Å². The minimum Gasteiger partial charge on any atom is -0.353 e. The Kier molecular flexibility index (Phi) is 1.96. The first-order chi connectivity index (χ1) is 5.40. The first kappa shape index (κ1) is 7.32. The van der Waals surface area contributed by atoms with Crippen molar-refractivity contribution in [1.29, 1.82) is 0 Å². The van der Waals surface area contributed by atoms with Crippen LogP contribution >= 0.6 is 0 Å². The van der Waals surface area contributed by atoms with Crippen molar-refractivity contribution in [2.45, 2.75) is 19.1 Å². The largest absolute Gasteiger partial charge is 0.353 e. The minimum atomic E-state index is 0.0879. The molecule has 2 heterocycles. The lowest BCUT2D eigenvalue weighted by molar-refractivity contribution is -0.213. The van der Waals surface area contributed by atoms with Crippen LogP contribution in [0, 0.1) is 11.8 Å². The quantitative estimate of drug-likeness (QED) is 0.534. The van der Waals surface area contributed by atoms with Crippen LogP contribution in [0.25, 0.3) is 0 Å². The molecule has 0 aromatic carbocycles. The fourth-order valence-electron chi connectivity index (χ4n) is 1.90. The van der Waals surface area contributed by atoms with Crippen LogP contribution in [0.5, 0.6) is 0 Å². The summed E-state index contributed by atoms with van der Waals surface area (Å²) in [5, 5.41) is 0. The fraction of sp³-hybridized carbons (Fsp3) is 0.778. The van der Waals surface area contributed by atoms with E-state index in [4.69, 9.17) is 9.47 Å². The van der Waals surface area contributed by atoms with Gasteiger partial charge in [-0.25, -0.2) is 0 Å². The highest BCUT2D eigenvalue weighted by molar-refractivity contribution is 4.89. The second-order valence-corrected chi connectivity index (χ2v) is 3.32. The van der Waals surface area contributed by atoms with Crippen molar-refractivity contribution in [1.82, 2.24) is 0 Å². The highest BCUT2D eigenvalue weighted by atomic mass is 16.7. The van der Waals surface area contributed by atoms with E-state index >= 15 is 0 Å². The smallest absolute Gasteiger partial charge is 0.157 e. The molecule has 0 aromatic heterocycles. The zero-order valence-corrected chi connectivity index (χ0v) is 6.66. The SMILES string of the molecule is C=CC1COC2CC1CCO2. The maximum atomic E-state index is 5.46. The zero-order chi connectivity index (χ0) is 7.68. The lowest BCUT2D eigenvalue weighted by Crippen LogP contribution is -2.39. The number of hydrogen-bond acceptors (Lipinski definition) is 2. The van der Waals surface area contributed by atoms with E-state index < -0.39 is 0 Å². The van der Waals surface area contributed by atoms with Crippen molar-refractivity contribution >= 4 is 0 Å². The molecule has 2 bridgehead atoms. The molecule has 2 nitrogen and oxygen atoms in total. The van der Waals surface area contributed by atoms with Gasteiger partial charge in [-0.1, -0.05) is 6.08 Å². The van der Waals surface area contributed by atoms with Crippen LogP contribution in [-0.2, 0) is 9.47 Å². The molecule has 0 saturated carbocycles. The third-order valence-electron chi connectivity index (χ3n) is 2.67. The Balaban J connectivity index is 2.02. The molecule has 2 fully saturated rings. The number of hydrogen-bond donors (Lipinski definition) is 0. The Labute approximate surface area is 67.2 Å². The van der Waals surface area contributed by atoms with Crippen LogP contribution in [0.2, 0.25) is 0 Å². The predicted octanol–water partition coefficient (Wildman–Crippen LogP) is 1.57. The van der Waals surface area contributed by atoms with E-state index in [0.717, 1.165) is 25.6 Å². The minimum absolute atomic E-state index is 0.0879. The summed E-state index contributed by atoms with van der Waals surface area (Å²) in [7, 11) is 0. The number of rotatable bonds is 1. The van der Waals surface area contributed by atoms with E-state index in [1.807, 2.05) is 6.08 Å². The normalized spacial score (nSPS) is 43.5. The molecule has 2 heteroatoms. The topological polar surface area (TPSA) is 18.5 Å². The Hall–Kier alpha value is -0.340. The third kappa shape index (κ3) is 1.33.